The molecule has 0 N–H and O–H groups in total. The molecule has 122 valence electrons. The maximum absolute atomic E-state index is 12.7. The van der Waals surface area contributed by atoms with E-state index in [1.807, 2.05) is 24.3 Å². The van der Waals surface area contributed by atoms with Gasteiger partial charge in [0.1, 0.15) is 6.33 Å². The van der Waals surface area contributed by atoms with Crippen molar-refractivity contribution >= 4 is 0 Å². The van der Waals surface area contributed by atoms with Crippen LogP contribution in [0.2, 0.25) is 0 Å². The van der Waals surface area contributed by atoms with Gasteiger partial charge in [-0.05, 0) is 35.6 Å². The third kappa shape index (κ3) is 3.98. The van der Waals surface area contributed by atoms with Crippen LogP contribution < -0.4 is 0 Å². The third-order valence-corrected chi connectivity index (χ3v) is 3.80. The van der Waals surface area contributed by atoms with Crippen molar-refractivity contribution < 1.29 is 13.2 Å². The number of alkyl halides is 3. The molecule has 2 nitrogen and oxygen atoms in total. The highest BCUT2D eigenvalue weighted by Crippen LogP contribution is 2.29. The standard InChI is InChI=1S/C19H15F3N2/c20-19(21,22)18-3-1-2-15(10-18)5-4-14-6-8-16(9-7-14)17-11-23-13-24-12-17/h1-3,6-13H,4-5H2. The van der Waals surface area contributed by atoms with Crippen LogP contribution in [0.25, 0.3) is 11.1 Å². The zero-order valence-corrected chi connectivity index (χ0v) is 12.8. The van der Waals surface area contributed by atoms with E-state index in [4.69, 9.17) is 0 Å². The van der Waals surface area contributed by atoms with Gasteiger partial charge in [0.05, 0.1) is 5.56 Å². The van der Waals surface area contributed by atoms with Crippen LogP contribution in [0.15, 0.2) is 67.3 Å². The van der Waals surface area contributed by atoms with Crippen molar-refractivity contribution in [1.82, 2.24) is 9.97 Å². The molecule has 0 aliphatic heterocycles. The number of hydrogen-bond donors (Lipinski definition) is 0. The second kappa shape index (κ2) is 6.83. The van der Waals surface area contributed by atoms with Crippen molar-refractivity contribution in [3.05, 3.63) is 83.9 Å². The van der Waals surface area contributed by atoms with Gasteiger partial charge in [-0.25, -0.2) is 9.97 Å². The van der Waals surface area contributed by atoms with Gasteiger partial charge in [-0.15, -0.1) is 0 Å². The minimum atomic E-state index is -4.30. The molecular weight excluding hydrogens is 313 g/mol. The molecule has 2 aromatic carbocycles. The molecule has 0 bridgehead atoms. The lowest BCUT2D eigenvalue weighted by molar-refractivity contribution is -0.137. The van der Waals surface area contributed by atoms with E-state index in [-0.39, 0.29) is 0 Å². The summed E-state index contributed by atoms with van der Waals surface area (Å²) < 4.78 is 38.2. The number of benzene rings is 2. The van der Waals surface area contributed by atoms with Gasteiger partial charge in [0.2, 0.25) is 0 Å². The van der Waals surface area contributed by atoms with Gasteiger partial charge in [0.25, 0.3) is 0 Å². The summed E-state index contributed by atoms with van der Waals surface area (Å²) in [6.07, 6.45) is 1.92. The van der Waals surface area contributed by atoms with Gasteiger partial charge >= 0.3 is 6.18 Å². The van der Waals surface area contributed by atoms with E-state index >= 15 is 0 Å². The minimum Gasteiger partial charge on any atom is -0.244 e. The van der Waals surface area contributed by atoms with Crippen molar-refractivity contribution in [2.45, 2.75) is 19.0 Å². The lowest BCUT2D eigenvalue weighted by Gasteiger charge is -2.09. The summed E-state index contributed by atoms with van der Waals surface area (Å²) >= 11 is 0. The van der Waals surface area contributed by atoms with Gasteiger partial charge in [-0.1, -0.05) is 42.5 Å². The minimum absolute atomic E-state index is 0.567. The topological polar surface area (TPSA) is 25.8 Å². The van der Waals surface area contributed by atoms with Crippen molar-refractivity contribution in [3.8, 4) is 11.1 Å². The quantitative estimate of drug-likeness (QED) is 0.677. The van der Waals surface area contributed by atoms with E-state index < -0.39 is 11.7 Å². The van der Waals surface area contributed by atoms with Crippen LogP contribution in [-0.2, 0) is 19.0 Å². The van der Waals surface area contributed by atoms with Crippen molar-refractivity contribution in [1.29, 1.82) is 0 Å². The highest BCUT2D eigenvalue weighted by molar-refractivity contribution is 5.61. The Hall–Kier alpha value is -2.69. The smallest absolute Gasteiger partial charge is 0.244 e. The molecule has 0 aliphatic carbocycles. The highest BCUT2D eigenvalue weighted by Gasteiger charge is 2.30. The Labute approximate surface area is 138 Å². The molecule has 0 atom stereocenters. The number of nitrogens with zero attached hydrogens (tertiary/aromatic N) is 2. The van der Waals surface area contributed by atoms with Gasteiger partial charge in [0.15, 0.2) is 0 Å². The molecule has 5 heteroatoms. The third-order valence-electron chi connectivity index (χ3n) is 3.80. The van der Waals surface area contributed by atoms with Crippen LogP contribution >= 0.6 is 0 Å². The van der Waals surface area contributed by atoms with E-state index in [1.165, 1.54) is 18.5 Å². The Bertz CT molecular complexity index is 797. The molecule has 1 heterocycles. The molecule has 0 radical (unpaired) electrons. The molecule has 0 aliphatic rings. The van der Waals surface area contributed by atoms with Crippen LogP contribution in [0.5, 0.6) is 0 Å². The Kier molecular flexibility index (Phi) is 4.60. The maximum Gasteiger partial charge on any atom is 0.416 e. The average molecular weight is 328 g/mol. The molecule has 0 saturated carbocycles. The molecule has 3 aromatic rings. The molecule has 0 fully saturated rings. The zero-order valence-electron chi connectivity index (χ0n) is 12.8. The first-order chi connectivity index (χ1) is 11.5. The number of hydrogen-bond acceptors (Lipinski definition) is 2. The van der Waals surface area contributed by atoms with Gasteiger partial charge in [-0.3, -0.25) is 0 Å². The molecule has 0 amide bonds. The second-order valence-corrected chi connectivity index (χ2v) is 5.52. The summed E-state index contributed by atoms with van der Waals surface area (Å²) in [5.74, 6) is 0. The molecule has 24 heavy (non-hydrogen) atoms. The van der Waals surface area contributed by atoms with Crippen molar-refractivity contribution in [2.24, 2.45) is 0 Å². The zero-order chi connectivity index (χ0) is 17.0. The predicted octanol–water partition coefficient (Wildman–Crippen LogP) is 4.95. The molecule has 3 rings (SSSR count). The van der Waals surface area contributed by atoms with Crippen LogP contribution in [0.4, 0.5) is 13.2 Å². The van der Waals surface area contributed by atoms with Crippen LogP contribution in [0.3, 0.4) is 0 Å². The first kappa shape index (κ1) is 16.2. The fourth-order valence-corrected chi connectivity index (χ4v) is 2.50. The van der Waals surface area contributed by atoms with E-state index in [0.29, 0.717) is 18.4 Å². The monoisotopic (exact) mass is 328 g/mol. The van der Waals surface area contributed by atoms with E-state index in [9.17, 15) is 13.2 Å². The first-order valence-electron chi connectivity index (χ1n) is 7.53. The van der Waals surface area contributed by atoms with Gasteiger partial charge in [-0.2, -0.15) is 13.2 Å². The number of aromatic nitrogens is 2. The fraction of sp³-hybridized carbons (Fsp3) is 0.158. The number of halogens is 3. The Morgan fingerprint density at radius 3 is 2.08 bits per heavy atom. The van der Waals surface area contributed by atoms with Crippen molar-refractivity contribution in [3.63, 3.8) is 0 Å². The molecule has 0 spiro atoms. The fourth-order valence-electron chi connectivity index (χ4n) is 2.50. The molecule has 1 aromatic heterocycles. The summed E-state index contributed by atoms with van der Waals surface area (Å²) in [6, 6.07) is 13.4. The van der Waals surface area contributed by atoms with Gasteiger partial charge in [0, 0.05) is 18.0 Å². The summed E-state index contributed by atoms with van der Waals surface area (Å²) in [4.78, 5) is 7.97. The largest absolute Gasteiger partial charge is 0.416 e. The first-order valence-corrected chi connectivity index (χ1v) is 7.53. The normalized spacial score (nSPS) is 11.5. The predicted molar refractivity (Wildman–Crippen MR) is 86.3 cm³/mol. The number of rotatable bonds is 4. The lowest BCUT2D eigenvalue weighted by atomic mass is 10.0. The Balaban J connectivity index is 1.67. The summed E-state index contributed by atoms with van der Waals surface area (Å²) in [7, 11) is 0. The summed E-state index contributed by atoms with van der Waals surface area (Å²) in [6.45, 7) is 0. The second-order valence-electron chi connectivity index (χ2n) is 5.52. The van der Waals surface area contributed by atoms with Crippen LogP contribution in [0, 0.1) is 0 Å². The number of aryl methyl sites for hydroxylation is 2. The molecule has 0 saturated heterocycles. The Morgan fingerprint density at radius 1 is 0.750 bits per heavy atom. The Morgan fingerprint density at radius 2 is 1.42 bits per heavy atom. The van der Waals surface area contributed by atoms with E-state index in [1.54, 1.807) is 18.5 Å². The van der Waals surface area contributed by atoms with E-state index in [0.717, 1.165) is 22.8 Å². The summed E-state index contributed by atoms with van der Waals surface area (Å²) in [5, 5.41) is 0. The summed E-state index contributed by atoms with van der Waals surface area (Å²) in [5.41, 5.74) is 3.11. The molecule has 0 unspecified atom stereocenters. The maximum atomic E-state index is 12.7. The van der Waals surface area contributed by atoms with Crippen molar-refractivity contribution in [2.75, 3.05) is 0 Å². The van der Waals surface area contributed by atoms with Gasteiger partial charge < -0.3 is 0 Å². The SMILES string of the molecule is FC(F)(F)c1cccc(CCc2ccc(-c3cncnc3)cc2)c1. The van der Waals surface area contributed by atoms with Crippen LogP contribution in [0.1, 0.15) is 16.7 Å². The van der Waals surface area contributed by atoms with Crippen LogP contribution in [-0.4, -0.2) is 9.97 Å². The van der Waals surface area contributed by atoms with E-state index in [2.05, 4.69) is 9.97 Å². The average Bonchev–Trinajstić information content (AvgIpc) is 2.61. The lowest BCUT2D eigenvalue weighted by Crippen LogP contribution is -2.05. The highest BCUT2D eigenvalue weighted by atomic mass is 19.4. The molecular formula is C19H15F3N2.